The van der Waals surface area contributed by atoms with Crippen LogP contribution in [0.4, 0.5) is 0 Å². The number of hydrogen-bond acceptors (Lipinski definition) is 4. The minimum Gasteiger partial charge on any atom is -0.381 e. The molecule has 1 aromatic rings. The predicted molar refractivity (Wildman–Crippen MR) is 102 cm³/mol. The third-order valence-electron chi connectivity index (χ3n) is 4.53. The standard InChI is InChI=1S/C16H22ClN3O.HI/c1-20-8-7-18-15(20)19-12-16(5-9-21-10-6-16)13-3-2-4-14(17)11-13;/h2-4,11H,5-10,12H2,1H3,(H,18,19);1H. The minimum absolute atomic E-state index is 0. The molecule has 0 saturated carbocycles. The highest BCUT2D eigenvalue weighted by atomic mass is 127. The van der Waals surface area contributed by atoms with Gasteiger partial charge in [0.15, 0.2) is 5.96 Å². The lowest BCUT2D eigenvalue weighted by Gasteiger charge is -2.38. The highest BCUT2D eigenvalue weighted by Gasteiger charge is 2.35. The zero-order valence-corrected chi connectivity index (χ0v) is 15.9. The molecule has 0 aromatic heterocycles. The number of halogens is 2. The summed E-state index contributed by atoms with van der Waals surface area (Å²) in [6.07, 6.45) is 2.02. The molecular weight excluding hydrogens is 413 g/mol. The van der Waals surface area contributed by atoms with E-state index >= 15 is 0 Å². The summed E-state index contributed by atoms with van der Waals surface area (Å²) < 4.78 is 5.57. The largest absolute Gasteiger partial charge is 0.381 e. The van der Waals surface area contributed by atoms with Crippen LogP contribution < -0.4 is 5.32 Å². The second-order valence-corrected chi connectivity index (χ2v) is 6.32. The van der Waals surface area contributed by atoms with Gasteiger partial charge in [0.1, 0.15) is 0 Å². The van der Waals surface area contributed by atoms with Crippen molar-refractivity contribution in [2.75, 3.05) is 39.9 Å². The molecule has 2 heterocycles. The Hall–Kier alpha value is -0.530. The average Bonchev–Trinajstić information content (AvgIpc) is 2.91. The third-order valence-corrected chi connectivity index (χ3v) is 4.77. The van der Waals surface area contributed by atoms with E-state index in [0.29, 0.717) is 0 Å². The monoisotopic (exact) mass is 435 g/mol. The molecule has 2 aliphatic rings. The molecule has 6 heteroatoms. The Morgan fingerprint density at radius 1 is 1.36 bits per heavy atom. The van der Waals surface area contributed by atoms with E-state index in [4.69, 9.17) is 16.3 Å². The highest BCUT2D eigenvalue weighted by Crippen LogP contribution is 2.35. The van der Waals surface area contributed by atoms with Crippen molar-refractivity contribution in [3.63, 3.8) is 0 Å². The van der Waals surface area contributed by atoms with Crippen molar-refractivity contribution in [2.24, 2.45) is 4.99 Å². The van der Waals surface area contributed by atoms with Gasteiger partial charge in [-0.15, -0.1) is 24.0 Å². The van der Waals surface area contributed by atoms with E-state index < -0.39 is 0 Å². The van der Waals surface area contributed by atoms with Gasteiger partial charge in [-0.05, 0) is 30.5 Å². The Balaban J connectivity index is 0.00000176. The number of guanidine groups is 1. The molecule has 0 amide bonds. The van der Waals surface area contributed by atoms with Crippen LogP contribution in [-0.4, -0.2) is 50.8 Å². The van der Waals surface area contributed by atoms with E-state index in [-0.39, 0.29) is 29.4 Å². The lowest BCUT2D eigenvalue weighted by Crippen LogP contribution is -2.47. The van der Waals surface area contributed by atoms with Crippen molar-refractivity contribution in [1.29, 1.82) is 0 Å². The van der Waals surface area contributed by atoms with Gasteiger partial charge in [0.2, 0.25) is 0 Å². The molecule has 4 nitrogen and oxygen atoms in total. The van der Waals surface area contributed by atoms with E-state index in [1.807, 2.05) is 12.1 Å². The zero-order chi connectivity index (χ0) is 14.7. The van der Waals surface area contributed by atoms with Gasteiger partial charge in [-0.25, -0.2) is 0 Å². The highest BCUT2D eigenvalue weighted by molar-refractivity contribution is 14.0. The fraction of sp³-hybridized carbons (Fsp3) is 0.562. The van der Waals surface area contributed by atoms with Crippen LogP contribution in [0, 0.1) is 0 Å². The van der Waals surface area contributed by atoms with Gasteiger partial charge >= 0.3 is 0 Å². The van der Waals surface area contributed by atoms with Gasteiger partial charge in [0.05, 0.1) is 6.54 Å². The number of likely N-dealkylation sites (N-methyl/N-ethyl adjacent to an activating group) is 1. The van der Waals surface area contributed by atoms with Gasteiger partial charge in [0.25, 0.3) is 0 Å². The number of rotatable bonds is 3. The molecule has 0 spiro atoms. The van der Waals surface area contributed by atoms with Crippen LogP contribution in [0.5, 0.6) is 0 Å². The minimum atomic E-state index is 0. The summed E-state index contributed by atoms with van der Waals surface area (Å²) in [6.45, 7) is 4.36. The Kier molecular flexibility index (Phi) is 6.35. The molecule has 1 N–H and O–H groups in total. The predicted octanol–water partition coefficient (Wildman–Crippen LogP) is 2.90. The Bertz CT molecular complexity index is 532. The van der Waals surface area contributed by atoms with E-state index in [1.165, 1.54) is 5.56 Å². The molecule has 0 bridgehead atoms. The van der Waals surface area contributed by atoms with Gasteiger partial charge in [-0.3, -0.25) is 4.99 Å². The molecule has 2 aliphatic heterocycles. The molecule has 0 radical (unpaired) electrons. The van der Waals surface area contributed by atoms with Crippen LogP contribution in [0.1, 0.15) is 18.4 Å². The van der Waals surface area contributed by atoms with Crippen LogP contribution >= 0.6 is 35.6 Å². The molecule has 0 unspecified atom stereocenters. The summed E-state index contributed by atoms with van der Waals surface area (Å²) in [5.74, 6) is 1.00. The normalized spacial score (nSPS) is 20.3. The quantitative estimate of drug-likeness (QED) is 0.742. The average molecular weight is 436 g/mol. The van der Waals surface area contributed by atoms with Gasteiger partial charge in [0, 0.05) is 43.8 Å². The first-order valence-corrected chi connectivity index (χ1v) is 7.91. The molecule has 1 saturated heterocycles. The SMILES string of the molecule is CN1CCN=C1NCC1(c2cccc(Cl)c2)CCOCC1.I. The van der Waals surface area contributed by atoms with Crippen molar-refractivity contribution in [1.82, 2.24) is 10.2 Å². The molecule has 0 atom stereocenters. The van der Waals surface area contributed by atoms with Crippen LogP contribution in [0.15, 0.2) is 29.3 Å². The summed E-state index contributed by atoms with van der Waals surface area (Å²) in [6, 6.07) is 8.24. The molecule has 0 aliphatic carbocycles. The van der Waals surface area contributed by atoms with Crippen LogP contribution in [0.25, 0.3) is 0 Å². The Morgan fingerprint density at radius 3 is 2.77 bits per heavy atom. The molecule has 3 rings (SSSR count). The maximum atomic E-state index is 6.19. The van der Waals surface area contributed by atoms with Crippen molar-refractivity contribution in [2.45, 2.75) is 18.3 Å². The summed E-state index contributed by atoms with van der Waals surface area (Å²) in [5, 5.41) is 4.34. The number of nitrogens with zero attached hydrogens (tertiary/aromatic N) is 2. The van der Waals surface area contributed by atoms with Gasteiger partial charge in [-0.1, -0.05) is 23.7 Å². The topological polar surface area (TPSA) is 36.9 Å². The first-order valence-electron chi connectivity index (χ1n) is 7.53. The second kappa shape index (κ2) is 7.84. The smallest absolute Gasteiger partial charge is 0.193 e. The fourth-order valence-corrected chi connectivity index (χ4v) is 3.31. The second-order valence-electron chi connectivity index (χ2n) is 5.88. The van der Waals surface area contributed by atoms with Crippen molar-refractivity contribution >= 4 is 41.5 Å². The van der Waals surface area contributed by atoms with Crippen LogP contribution in [0.2, 0.25) is 5.02 Å². The first-order chi connectivity index (χ1) is 10.2. The molecular formula is C16H23ClIN3O. The van der Waals surface area contributed by atoms with Crippen molar-refractivity contribution in [3.05, 3.63) is 34.9 Å². The summed E-state index contributed by atoms with van der Waals surface area (Å²) >= 11 is 6.19. The summed E-state index contributed by atoms with van der Waals surface area (Å²) in [4.78, 5) is 6.69. The van der Waals surface area contributed by atoms with Crippen LogP contribution in [0.3, 0.4) is 0 Å². The van der Waals surface area contributed by atoms with E-state index in [0.717, 1.165) is 56.7 Å². The van der Waals surface area contributed by atoms with Gasteiger partial charge < -0.3 is 15.0 Å². The number of hydrogen-bond donors (Lipinski definition) is 1. The summed E-state index contributed by atoms with van der Waals surface area (Å²) in [7, 11) is 2.08. The maximum Gasteiger partial charge on any atom is 0.193 e. The Labute approximate surface area is 154 Å². The van der Waals surface area contributed by atoms with Crippen LogP contribution in [-0.2, 0) is 10.2 Å². The number of benzene rings is 1. The van der Waals surface area contributed by atoms with Crippen molar-refractivity contribution < 1.29 is 4.74 Å². The fourth-order valence-electron chi connectivity index (χ4n) is 3.12. The Morgan fingerprint density at radius 2 is 2.14 bits per heavy atom. The van der Waals surface area contributed by atoms with Crippen molar-refractivity contribution in [3.8, 4) is 0 Å². The lowest BCUT2D eigenvalue weighted by molar-refractivity contribution is 0.0512. The number of aliphatic imine (C=N–C) groups is 1. The first kappa shape index (κ1) is 17.8. The third kappa shape index (κ3) is 3.86. The van der Waals surface area contributed by atoms with E-state index in [1.54, 1.807) is 0 Å². The molecule has 22 heavy (non-hydrogen) atoms. The lowest BCUT2D eigenvalue weighted by atomic mass is 9.74. The molecule has 122 valence electrons. The number of nitrogens with one attached hydrogen (secondary N) is 1. The summed E-state index contributed by atoms with van der Waals surface area (Å²) in [5.41, 5.74) is 1.38. The zero-order valence-electron chi connectivity index (χ0n) is 12.8. The van der Waals surface area contributed by atoms with E-state index in [2.05, 4.69) is 34.4 Å². The van der Waals surface area contributed by atoms with E-state index in [9.17, 15) is 0 Å². The molecule has 1 aromatic carbocycles. The number of ether oxygens (including phenoxy) is 1. The van der Waals surface area contributed by atoms with Gasteiger partial charge in [-0.2, -0.15) is 0 Å². The maximum absolute atomic E-state index is 6.19. The molecule has 1 fully saturated rings.